The van der Waals surface area contributed by atoms with E-state index in [0.29, 0.717) is 0 Å². The molecule has 20 heavy (non-hydrogen) atoms. The third-order valence-corrected chi connectivity index (χ3v) is 4.43. The number of carbonyl (C=O) groups excluding carboxylic acids is 1. The highest BCUT2D eigenvalue weighted by Gasteiger charge is 1.95. The zero-order chi connectivity index (χ0) is 14.5. The number of carbonyl (C=O) groups is 1. The molecule has 3 heteroatoms. The van der Waals surface area contributed by atoms with Crippen LogP contribution in [0, 0.1) is 0 Å². The first-order valence-corrected chi connectivity index (χ1v) is 9.02. The van der Waals surface area contributed by atoms with Gasteiger partial charge in [-0.15, -0.1) is 0 Å². The smallest absolute Gasteiger partial charge is 0.185 e. The molecule has 0 amide bonds. The zero-order valence-corrected chi connectivity index (χ0v) is 13.7. The highest BCUT2D eigenvalue weighted by molar-refractivity contribution is 8.13. The number of thioether (sulfide) groups is 1. The molecular formula is C17H29NOS. The number of aryl methyl sites for hydroxylation is 1. The van der Waals surface area contributed by atoms with E-state index >= 15 is 0 Å². The summed E-state index contributed by atoms with van der Waals surface area (Å²) in [5.74, 6) is 1.01. The molecular weight excluding hydrogens is 266 g/mol. The van der Waals surface area contributed by atoms with E-state index in [2.05, 4.69) is 29.1 Å². The maximum absolute atomic E-state index is 10.7. The topological polar surface area (TPSA) is 22.0 Å². The number of rotatable bonds is 12. The summed E-state index contributed by atoms with van der Waals surface area (Å²) in [5.41, 5.74) is 0. The van der Waals surface area contributed by atoms with Crippen molar-refractivity contribution in [3.63, 3.8) is 0 Å². The second-order valence-electron chi connectivity index (χ2n) is 5.44. The highest BCUT2D eigenvalue weighted by Crippen LogP contribution is 2.12. The van der Waals surface area contributed by atoms with E-state index in [1.54, 1.807) is 6.92 Å². The number of nitrogens with zero attached hydrogens (tertiary/aromatic N) is 1. The van der Waals surface area contributed by atoms with Crippen LogP contribution in [0.2, 0.25) is 0 Å². The molecule has 0 aliphatic rings. The Bertz CT molecular complexity index is 335. The lowest BCUT2D eigenvalue weighted by molar-refractivity contribution is -0.109. The van der Waals surface area contributed by atoms with Gasteiger partial charge in [0.05, 0.1) is 0 Å². The summed E-state index contributed by atoms with van der Waals surface area (Å²) in [6.07, 6.45) is 16.3. The van der Waals surface area contributed by atoms with Crippen LogP contribution in [-0.4, -0.2) is 15.4 Å². The Morgan fingerprint density at radius 1 is 0.850 bits per heavy atom. The van der Waals surface area contributed by atoms with Gasteiger partial charge in [0.15, 0.2) is 5.12 Å². The standard InChI is InChI=1S/C17H29NOS/c1-17(19)20-16-12-8-6-4-2-3-5-7-9-13-18-14-10-11-15-18/h10-11,14-15H,2-9,12-13,16H2,1H3. The molecule has 0 fully saturated rings. The Hall–Kier alpha value is -0.700. The van der Waals surface area contributed by atoms with Crippen molar-refractivity contribution in [1.82, 2.24) is 4.57 Å². The fourth-order valence-electron chi connectivity index (χ4n) is 2.37. The summed E-state index contributed by atoms with van der Waals surface area (Å²) in [6.45, 7) is 2.82. The summed E-state index contributed by atoms with van der Waals surface area (Å²) in [4.78, 5) is 10.7. The van der Waals surface area contributed by atoms with Crippen molar-refractivity contribution in [2.75, 3.05) is 5.75 Å². The third kappa shape index (κ3) is 10.1. The normalized spacial score (nSPS) is 10.8. The Morgan fingerprint density at radius 2 is 1.35 bits per heavy atom. The summed E-state index contributed by atoms with van der Waals surface area (Å²) in [7, 11) is 0. The molecule has 0 unspecified atom stereocenters. The van der Waals surface area contributed by atoms with E-state index in [1.807, 2.05) is 0 Å². The lowest BCUT2D eigenvalue weighted by atomic mass is 10.1. The van der Waals surface area contributed by atoms with Gasteiger partial charge in [-0.05, 0) is 25.0 Å². The van der Waals surface area contributed by atoms with Gasteiger partial charge in [0, 0.05) is 31.6 Å². The van der Waals surface area contributed by atoms with E-state index < -0.39 is 0 Å². The summed E-state index contributed by atoms with van der Waals surface area (Å²) < 4.78 is 2.26. The molecule has 0 aliphatic heterocycles. The van der Waals surface area contributed by atoms with Crippen molar-refractivity contribution in [3.8, 4) is 0 Å². The van der Waals surface area contributed by atoms with Crippen LogP contribution >= 0.6 is 11.8 Å². The molecule has 1 heterocycles. The van der Waals surface area contributed by atoms with Crippen molar-refractivity contribution in [1.29, 1.82) is 0 Å². The van der Waals surface area contributed by atoms with Crippen molar-refractivity contribution in [3.05, 3.63) is 24.5 Å². The van der Waals surface area contributed by atoms with Gasteiger partial charge >= 0.3 is 0 Å². The van der Waals surface area contributed by atoms with Gasteiger partial charge in [-0.2, -0.15) is 0 Å². The minimum absolute atomic E-state index is 0.255. The molecule has 0 aromatic carbocycles. The Morgan fingerprint density at radius 3 is 1.90 bits per heavy atom. The first-order valence-electron chi connectivity index (χ1n) is 8.03. The van der Waals surface area contributed by atoms with E-state index in [-0.39, 0.29) is 5.12 Å². The molecule has 2 nitrogen and oxygen atoms in total. The number of aromatic nitrogens is 1. The molecule has 1 aromatic heterocycles. The van der Waals surface area contributed by atoms with Gasteiger partial charge in [0.2, 0.25) is 0 Å². The second kappa shape index (κ2) is 12.1. The molecule has 1 rings (SSSR count). The van der Waals surface area contributed by atoms with Crippen LogP contribution in [0.4, 0.5) is 0 Å². The lowest BCUT2D eigenvalue weighted by Crippen LogP contribution is -1.93. The fourth-order valence-corrected chi connectivity index (χ4v) is 3.00. The van der Waals surface area contributed by atoms with E-state index in [4.69, 9.17) is 0 Å². The van der Waals surface area contributed by atoms with Gasteiger partial charge < -0.3 is 4.57 Å². The Kier molecular flexibility index (Phi) is 10.5. The quantitative estimate of drug-likeness (QED) is 0.489. The largest absolute Gasteiger partial charge is 0.354 e. The van der Waals surface area contributed by atoms with Gasteiger partial charge in [0.1, 0.15) is 0 Å². The number of unbranched alkanes of at least 4 members (excludes halogenated alkanes) is 8. The number of hydrogen-bond acceptors (Lipinski definition) is 2. The first-order chi connectivity index (χ1) is 9.79. The van der Waals surface area contributed by atoms with Gasteiger partial charge in [0.25, 0.3) is 0 Å². The average molecular weight is 295 g/mol. The molecule has 0 saturated heterocycles. The minimum Gasteiger partial charge on any atom is -0.354 e. The molecule has 0 atom stereocenters. The SMILES string of the molecule is CC(=O)SCCCCCCCCCCCn1cccc1. The molecule has 1 aromatic rings. The van der Waals surface area contributed by atoms with Crippen molar-refractivity contribution >= 4 is 16.9 Å². The van der Waals surface area contributed by atoms with Gasteiger partial charge in [-0.3, -0.25) is 4.79 Å². The predicted octanol–water partition coefficient (Wildman–Crippen LogP) is 5.28. The summed E-state index contributed by atoms with van der Waals surface area (Å²) >= 11 is 1.47. The molecule has 0 saturated carbocycles. The van der Waals surface area contributed by atoms with Crippen LogP contribution in [0.3, 0.4) is 0 Å². The van der Waals surface area contributed by atoms with Crippen LogP contribution in [0.5, 0.6) is 0 Å². The molecule has 114 valence electrons. The van der Waals surface area contributed by atoms with E-state index in [9.17, 15) is 4.79 Å². The van der Waals surface area contributed by atoms with Gasteiger partial charge in [-0.25, -0.2) is 0 Å². The molecule has 0 spiro atoms. The van der Waals surface area contributed by atoms with Crippen molar-refractivity contribution in [2.24, 2.45) is 0 Å². The Labute approximate surface area is 128 Å². The lowest BCUT2D eigenvalue weighted by Gasteiger charge is -2.04. The molecule has 0 N–H and O–H groups in total. The minimum atomic E-state index is 0.255. The number of hydrogen-bond donors (Lipinski definition) is 0. The predicted molar refractivity (Wildman–Crippen MR) is 89.1 cm³/mol. The van der Waals surface area contributed by atoms with Crippen molar-refractivity contribution in [2.45, 2.75) is 71.3 Å². The Balaban J connectivity index is 1.73. The maximum atomic E-state index is 10.7. The van der Waals surface area contributed by atoms with Crippen LogP contribution in [0.1, 0.15) is 64.7 Å². The van der Waals surface area contributed by atoms with Crippen LogP contribution in [0.15, 0.2) is 24.5 Å². The summed E-state index contributed by atoms with van der Waals surface area (Å²) in [6, 6.07) is 4.18. The third-order valence-electron chi connectivity index (χ3n) is 3.53. The molecule has 0 bridgehead atoms. The van der Waals surface area contributed by atoms with Gasteiger partial charge in [-0.1, -0.05) is 56.7 Å². The monoisotopic (exact) mass is 295 g/mol. The first kappa shape index (κ1) is 17.4. The van der Waals surface area contributed by atoms with E-state index in [1.165, 1.54) is 76.1 Å². The van der Waals surface area contributed by atoms with Crippen LogP contribution in [-0.2, 0) is 11.3 Å². The average Bonchev–Trinajstić information content (AvgIpc) is 2.93. The fraction of sp³-hybridized carbons (Fsp3) is 0.706. The zero-order valence-electron chi connectivity index (χ0n) is 12.9. The summed E-state index contributed by atoms with van der Waals surface area (Å²) in [5, 5.41) is 0.255. The molecule has 0 aliphatic carbocycles. The van der Waals surface area contributed by atoms with Crippen LogP contribution < -0.4 is 0 Å². The maximum Gasteiger partial charge on any atom is 0.185 e. The highest BCUT2D eigenvalue weighted by atomic mass is 32.2. The second-order valence-corrected chi connectivity index (χ2v) is 6.71. The molecule has 0 radical (unpaired) electrons. The van der Waals surface area contributed by atoms with E-state index in [0.717, 1.165) is 5.75 Å². The van der Waals surface area contributed by atoms with Crippen LogP contribution in [0.25, 0.3) is 0 Å². The van der Waals surface area contributed by atoms with Crippen molar-refractivity contribution < 1.29 is 4.79 Å².